The van der Waals surface area contributed by atoms with E-state index in [0.29, 0.717) is 17.9 Å². The highest BCUT2D eigenvalue weighted by atomic mass is 32.2. The van der Waals surface area contributed by atoms with E-state index < -0.39 is 24.3 Å². The van der Waals surface area contributed by atoms with E-state index in [1.54, 1.807) is 35.2 Å². The number of amides is 1. The first kappa shape index (κ1) is 28.3. The minimum Gasteiger partial charge on any atom is -0.453 e. The molecule has 1 aromatic heterocycles. The van der Waals surface area contributed by atoms with Gasteiger partial charge in [0.1, 0.15) is 0 Å². The molecule has 8 nitrogen and oxygen atoms in total. The molecule has 0 bridgehead atoms. The van der Waals surface area contributed by atoms with Crippen molar-refractivity contribution in [1.29, 1.82) is 0 Å². The summed E-state index contributed by atoms with van der Waals surface area (Å²) < 4.78 is 20.0. The number of hydrogen-bond acceptors (Lipinski definition) is 9. The van der Waals surface area contributed by atoms with Gasteiger partial charge in [0, 0.05) is 30.3 Å². The van der Waals surface area contributed by atoms with Crippen molar-refractivity contribution in [1.82, 2.24) is 4.98 Å². The van der Waals surface area contributed by atoms with Gasteiger partial charge in [0.05, 0.1) is 29.0 Å². The van der Waals surface area contributed by atoms with Crippen molar-refractivity contribution >= 4 is 50.9 Å². The van der Waals surface area contributed by atoms with Crippen LogP contribution in [0.3, 0.4) is 0 Å². The van der Waals surface area contributed by atoms with Crippen LogP contribution in [0.15, 0.2) is 77.1 Å². The Morgan fingerprint density at radius 2 is 1.90 bits per heavy atom. The van der Waals surface area contributed by atoms with Crippen LogP contribution in [0.4, 0.5) is 5.69 Å². The van der Waals surface area contributed by atoms with Gasteiger partial charge in [-0.05, 0) is 42.3 Å². The van der Waals surface area contributed by atoms with Crippen LogP contribution in [0.1, 0.15) is 49.4 Å². The van der Waals surface area contributed by atoms with Crippen LogP contribution in [-0.4, -0.2) is 39.9 Å². The predicted molar refractivity (Wildman–Crippen MR) is 155 cm³/mol. The maximum Gasteiger partial charge on any atom is 0.303 e. The van der Waals surface area contributed by atoms with Crippen molar-refractivity contribution in [2.75, 3.05) is 11.1 Å². The van der Waals surface area contributed by atoms with Crippen LogP contribution in [0.5, 0.6) is 0 Å². The van der Waals surface area contributed by atoms with E-state index in [2.05, 4.69) is 11.4 Å². The van der Waals surface area contributed by atoms with Crippen molar-refractivity contribution in [3.63, 3.8) is 0 Å². The number of esters is 1. The lowest BCUT2D eigenvalue weighted by Crippen LogP contribution is -2.31. The fraction of sp³-hybridized carbons (Fsp3) is 0.300. The van der Waals surface area contributed by atoms with E-state index in [0.717, 1.165) is 31.2 Å². The van der Waals surface area contributed by atoms with Gasteiger partial charge in [0.15, 0.2) is 16.7 Å². The fourth-order valence-corrected chi connectivity index (χ4v) is 6.52. The molecule has 40 heavy (non-hydrogen) atoms. The molecular formula is C30H30N2O6S2. The normalized spacial score (nSPS) is 19.7. The smallest absolute Gasteiger partial charge is 0.303 e. The van der Waals surface area contributed by atoms with Crippen LogP contribution in [0.2, 0.25) is 0 Å². The number of benzene rings is 3. The molecule has 1 fully saturated rings. The third kappa shape index (κ3) is 7.07. The summed E-state index contributed by atoms with van der Waals surface area (Å²) in [5.74, 6) is -0.251. The monoisotopic (exact) mass is 578 g/mol. The van der Waals surface area contributed by atoms with Crippen LogP contribution >= 0.6 is 23.1 Å². The standard InChI is InChI=1S/C30H30N2O6S2/c1-18(36-19(2)34)28(35)31-23-7-5-6-22(14-23)29-37-24(15-26(38-29)21-12-10-20(16-33)11-13-21)17-39-30-32-25-8-3-4-9-27(25)40-30/h3-14,18,24,26,29,33H,15-17H2,1-2H3,(H,31,35). The second-order valence-corrected chi connectivity index (χ2v) is 11.8. The number of rotatable bonds is 9. The lowest BCUT2D eigenvalue weighted by atomic mass is 10.0. The SMILES string of the molecule is CC(=O)OC(C)C(=O)Nc1cccc(C2OC(CSc3nc4ccccc4s3)CC(c3ccc(CO)cc3)O2)c1. The Hall–Kier alpha value is -3.28. The number of aliphatic hydroxyl groups is 1. The van der Waals surface area contributed by atoms with E-state index in [4.69, 9.17) is 19.2 Å². The Bertz CT molecular complexity index is 1440. The van der Waals surface area contributed by atoms with Gasteiger partial charge in [0.25, 0.3) is 5.91 Å². The largest absolute Gasteiger partial charge is 0.453 e. The lowest BCUT2D eigenvalue weighted by molar-refractivity contribution is -0.245. The second-order valence-electron chi connectivity index (χ2n) is 9.48. The predicted octanol–water partition coefficient (Wildman–Crippen LogP) is 6.02. The van der Waals surface area contributed by atoms with Crippen LogP contribution < -0.4 is 5.32 Å². The van der Waals surface area contributed by atoms with Gasteiger partial charge >= 0.3 is 5.97 Å². The summed E-state index contributed by atoms with van der Waals surface area (Å²) in [6.45, 7) is 2.77. The average molecular weight is 579 g/mol. The first-order chi connectivity index (χ1) is 19.4. The number of hydrogen-bond donors (Lipinski definition) is 2. The summed E-state index contributed by atoms with van der Waals surface area (Å²) in [4.78, 5) is 28.4. The molecular weight excluding hydrogens is 548 g/mol. The highest BCUT2D eigenvalue weighted by Crippen LogP contribution is 2.40. The first-order valence-electron chi connectivity index (χ1n) is 12.9. The van der Waals surface area contributed by atoms with Gasteiger partial charge in [-0.2, -0.15) is 0 Å². The van der Waals surface area contributed by atoms with Gasteiger partial charge in [-0.25, -0.2) is 4.98 Å². The minimum atomic E-state index is -0.918. The number of carbonyl (C=O) groups is 2. The van der Waals surface area contributed by atoms with Crippen LogP contribution in [-0.2, 0) is 30.4 Å². The molecule has 2 N–H and O–H groups in total. The molecule has 1 aliphatic heterocycles. The Morgan fingerprint density at radius 3 is 2.65 bits per heavy atom. The second kappa shape index (κ2) is 12.9. The zero-order valence-corrected chi connectivity index (χ0v) is 23.7. The number of fused-ring (bicyclic) bond motifs is 1. The maximum absolute atomic E-state index is 12.5. The number of para-hydroxylation sites is 1. The summed E-state index contributed by atoms with van der Waals surface area (Å²) in [5, 5.41) is 12.2. The van der Waals surface area contributed by atoms with E-state index in [1.165, 1.54) is 13.8 Å². The van der Waals surface area contributed by atoms with E-state index in [-0.39, 0.29) is 18.8 Å². The number of nitrogens with one attached hydrogen (secondary N) is 1. The number of thioether (sulfide) groups is 1. The third-order valence-electron chi connectivity index (χ3n) is 6.42. The molecule has 1 aliphatic rings. The van der Waals surface area contributed by atoms with Crippen LogP contribution in [0.25, 0.3) is 10.2 Å². The quantitative estimate of drug-likeness (QED) is 0.184. The van der Waals surface area contributed by atoms with E-state index in [9.17, 15) is 14.7 Å². The minimum absolute atomic E-state index is 0.0203. The molecule has 10 heteroatoms. The molecule has 1 saturated heterocycles. The van der Waals surface area contributed by atoms with Crippen molar-refractivity contribution in [2.24, 2.45) is 0 Å². The number of ether oxygens (including phenoxy) is 3. The number of nitrogens with zero attached hydrogens (tertiary/aromatic N) is 1. The number of aromatic nitrogens is 1. The zero-order chi connectivity index (χ0) is 28.1. The van der Waals surface area contributed by atoms with Crippen molar-refractivity contribution in [3.8, 4) is 0 Å². The van der Waals surface area contributed by atoms with Crippen molar-refractivity contribution in [3.05, 3.63) is 89.5 Å². The molecule has 1 amide bonds. The highest BCUT2D eigenvalue weighted by molar-refractivity contribution is 8.01. The number of carbonyl (C=O) groups excluding carboxylic acids is 2. The zero-order valence-electron chi connectivity index (χ0n) is 22.1. The van der Waals surface area contributed by atoms with Crippen LogP contribution in [0, 0.1) is 0 Å². The molecule has 208 valence electrons. The molecule has 0 saturated carbocycles. The Labute approximate surface area is 240 Å². The topological polar surface area (TPSA) is 107 Å². The van der Waals surface area contributed by atoms with Crippen molar-refractivity contribution < 1.29 is 28.9 Å². The molecule has 0 spiro atoms. The van der Waals surface area contributed by atoms with E-state index in [1.807, 2.05) is 54.6 Å². The van der Waals surface area contributed by atoms with Gasteiger partial charge in [-0.1, -0.05) is 60.3 Å². The molecule has 0 aliphatic carbocycles. The Balaban J connectivity index is 1.34. The fourth-order valence-electron chi connectivity index (χ4n) is 4.41. The van der Waals surface area contributed by atoms with Gasteiger partial charge in [0.2, 0.25) is 0 Å². The summed E-state index contributed by atoms with van der Waals surface area (Å²) in [6, 6.07) is 23.1. The van der Waals surface area contributed by atoms with Crippen molar-refractivity contribution in [2.45, 2.75) is 55.8 Å². The van der Waals surface area contributed by atoms with Gasteiger partial charge in [-0.3, -0.25) is 9.59 Å². The number of anilines is 1. The third-order valence-corrected chi connectivity index (χ3v) is 8.73. The molecule has 2 heterocycles. The molecule has 3 aromatic carbocycles. The molecule has 0 radical (unpaired) electrons. The molecule has 5 rings (SSSR count). The summed E-state index contributed by atoms with van der Waals surface area (Å²) in [5.41, 5.74) is 4.12. The maximum atomic E-state index is 12.5. The number of thiazole rings is 1. The Kier molecular flexibility index (Phi) is 9.13. The summed E-state index contributed by atoms with van der Waals surface area (Å²) in [6.07, 6.45) is -1.28. The molecule has 4 aromatic rings. The Morgan fingerprint density at radius 1 is 1.10 bits per heavy atom. The van der Waals surface area contributed by atoms with E-state index >= 15 is 0 Å². The highest BCUT2D eigenvalue weighted by Gasteiger charge is 2.32. The van der Waals surface area contributed by atoms with Gasteiger partial charge in [-0.15, -0.1) is 11.3 Å². The molecule has 4 unspecified atom stereocenters. The average Bonchev–Trinajstić information content (AvgIpc) is 3.39. The lowest BCUT2D eigenvalue weighted by Gasteiger charge is -2.36. The number of aliphatic hydroxyl groups excluding tert-OH is 1. The molecule has 4 atom stereocenters. The first-order valence-corrected chi connectivity index (χ1v) is 14.7. The summed E-state index contributed by atoms with van der Waals surface area (Å²) >= 11 is 3.34. The summed E-state index contributed by atoms with van der Waals surface area (Å²) in [7, 11) is 0. The van der Waals surface area contributed by atoms with Gasteiger partial charge < -0.3 is 24.6 Å².